The summed E-state index contributed by atoms with van der Waals surface area (Å²) in [6, 6.07) is 1.39. The summed E-state index contributed by atoms with van der Waals surface area (Å²) in [4.78, 5) is 19.4. The first kappa shape index (κ1) is 12.1. The third kappa shape index (κ3) is 2.04. The molecule has 0 bridgehead atoms. The summed E-state index contributed by atoms with van der Waals surface area (Å²) >= 11 is 0. The van der Waals surface area contributed by atoms with Gasteiger partial charge in [-0.05, 0) is 12.5 Å². The minimum absolute atomic E-state index is 0.0520. The first-order valence-electron chi connectivity index (χ1n) is 5.65. The number of imidazole rings is 1. The van der Waals surface area contributed by atoms with Gasteiger partial charge in [-0.25, -0.2) is 14.8 Å². The lowest BCUT2D eigenvalue weighted by Gasteiger charge is -2.10. The summed E-state index contributed by atoms with van der Waals surface area (Å²) in [6.45, 7) is 2.05. The molecule has 2 aromatic rings. The Balaban J connectivity index is 2.54. The number of carboxylic acid groups (broad SMARTS) is 1. The maximum Gasteiger partial charge on any atom is 0.337 e. The molecule has 0 aromatic carbocycles. The van der Waals surface area contributed by atoms with Crippen LogP contribution in [0.4, 0.5) is 5.69 Å². The van der Waals surface area contributed by atoms with E-state index in [4.69, 9.17) is 10.8 Å². The van der Waals surface area contributed by atoms with Crippen LogP contribution in [-0.4, -0.2) is 25.6 Å². The van der Waals surface area contributed by atoms with Crippen molar-refractivity contribution < 1.29 is 9.90 Å². The molecule has 6 nitrogen and oxygen atoms in total. The predicted molar refractivity (Wildman–Crippen MR) is 66.7 cm³/mol. The maximum atomic E-state index is 11.0. The lowest BCUT2D eigenvalue weighted by atomic mass is 10.2. The van der Waals surface area contributed by atoms with Gasteiger partial charge in [-0.15, -0.1) is 0 Å². The van der Waals surface area contributed by atoms with E-state index in [1.807, 2.05) is 6.92 Å². The van der Waals surface area contributed by atoms with Gasteiger partial charge in [0.15, 0.2) is 5.82 Å². The molecule has 2 heterocycles. The zero-order valence-electron chi connectivity index (χ0n) is 10.00. The molecule has 0 aliphatic heterocycles. The van der Waals surface area contributed by atoms with E-state index in [0.29, 0.717) is 5.82 Å². The average molecular weight is 246 g/mol. The molecule has 3 N–H and O–H groups in total. The van der Waals surface area contributed by atoms with Crippen LogP contribution in [0, 0.1) is 0 Å². The Labute approximate surface area is 104 Å². The fraction of sp³-hybridized carbons (Fsp3) is 0.250. The molecule has 0 fully saturated rings. The number of carbonyl (C=O) groups is 1. The number of pyridine rings is 1. The number of rotatable bonds is 4. The Hall–Kier alpha value is -2.37. The molecule has 0 aliphatic carbocycles. The molecule has 0 amide bonds. The molecule has 18 heavy (non-hydrogen) atoms. The van der Waals surface area contributed by atoms with E-state index in [0.717, 1.165) is 18.7 Å². The van der Waals surface area contributed by atoms with Gasteiger partial charge in [-0.1, -0.05) is 6.92 Å². The minimum Gasteiger partial charge on any atom is -0.478 e. The van der Waals surface area contributed by atoms with Crippen LogP contribution in [0.1, 0.15) is 29.5 Å². The topological polar surface area (TPSA) is 94.0 Å². The van der Waals surface area contributed by atoms with Gasteiger partial charge < -0.3 is 10.8 Å². The molecule has 0 saturated carbocycles. The number of nitrogen functional groups attached to an aromatic ring is 1. The zero-order valence-corrected chi connectivity index (χ0v) is 10.00. The number of hydrogen-bond donors (Lipinski definition) is 2. The lowest BCUT2D eigenvalue weighted by Crippen LogP contribution is -2.10. The number of carboxylic acids is 1. The summed E-state index contributed by atoms with van der Waals surface area (Å²) in [6.07, 6.45) is 6.54. The molecule has 0 spiro atoms. The number of nitrogens with zero attached hydrogens (tertiary/aromatic N) is 3. The van der Waals surface area contributed by atoms with E-state index in [1.54, 1.807) is 17.0 Å². The van der Waals surface area contributed by atoms with E-state index in [1.165, 1.54) is 12.3 Å². The van der Waals surface area contributed by atoms with Gasteiger partial charge >= 0.3 is 5.97 Å². The van der Waals surface area contributed by atoms with E-state index < -0.39 is 5.97 Å². The van der Waals surface area contributed by atoms with Crippen LogP contribution in [0.15, 0.2) is 24.7 Å². The smallest absolute Gasteiger partial charge is 0.337 e. The highest BCUT2D eigenvalue weighted by molar-refractivity contribution is 5.95. The van der Waals surface area contributed by atoms with Crippen LogP contribution in [0.3, 0.4) is 0 Å². The maximum absolute atomic E-state index is 11.0. The second kappa shape index (κ2) is 4.87. The summed E-state index contributed by atoms with van der Waals surface area (Å²) in [7, 11) is 0. The van der Waals surface area contributed by atoms with Crippen LogP contribution < -0.4 is 5.73 Å². The highest BCUT2D eigenvalue weighted by Crippen LogP contribution is 2.20. The average Bonchev–Trinajstić information content (AvgIpc) is 2.77. The van der Waals surface area contributed by atoms with Crippen molar-refractivity contribution in [1.29, 1.82) is 0 Å². The molecular weight excluding hydrogens is 232 g/mol. The van der Waals surface area contributed by atoms with Crippen molar-refractivity contribution in [3.8, 4) is 5.82 Å². The van der Waals surface area contributed by atoms with Gasteiger partial charge in [0.25, 0.3) is 0 Å². The van der Waals surface area contributed by atoms with Gasteiger partial charge in [-0.3, -0.25) is 4.57 Å². The summed E-state index contributed by atoms with van der Waals surface area (Å²) in [5, 5.41) is 9.03. The number of aromatic carboxylic acids is 1. The van der Waals surface area contributed by atoms with Gasteiger partial charge in [-0.2, -0.15) is 0 Å². The second-order valence-corrected chi connectivity index (χ2v) is 3.86. The van der Waals surface area contributed by atoms with Crippen molar-refractivity contribution in [3.63, 3.8) is 0 Å². The third-order valence-electron chi connectivity index (χ3n) is 2.62. The van der Waals surface area contributed by atoms with E-state index in [2.05, 4.69) is 9.97 Å². The van der Waals surface area contributed by atoms with E-state index in [-0.39, 0.29) is 11.3 Å². The van der Waals surface area contributed by atoms with Gasteiger partial charge in [0.1, 0.15) is 5.82 Å². The summed E-state index contributed by atoms with van der Waals surface area (Å²) in [5.41, 5.74) is 6.05. The first-order valence-corrected chi connectivity index (χ1v) is 5.65. The van der Waals surface area contributed by atoms with Crippen LogP contribution in [-0.2, 0) is 6.42 Å². The highest BCUT2D eigenvalue weighted by atomic mass is 16.4. The van der Waals surface area contributed by atoms with Gasteiger partial charge in [0, 0.05) is 25.0 Å². The Morgan fingerprint density at radius 3 is 2.89 bits per heavy atom. The lowest BCUT2D eigenvalue weighted by molar-refractivity contribution is 0.0698. The molecule has 0 unspecified atom stereocenters. The minimum atomic E-state index is -1.06. The van der Waals surface area contributed by atoms with Crippen molar-refractivity contribution in [3.05, 3.63) is 36.0 Å². The van der Waals surface area contributed by atoms with Crippen LogP contribution >= 0.6 is 0 Å². The molecule has 0 atom stereocenters. The normalized spacial score (nSPS) is 10.5. The fourth-order valence-corrected chi connectivity index (χ4v) is 1.78. The van der Waals surface area contributed by atoms with Crippen molar-refractivity contribution >= 4 is 11.7 Å². The van der Waals surface area contributed by atoms with Crippen LogP contribution in [0.2, 0.25) is 0 Å². The molecule has 0 aliphatic rings. The number of aryl methyl sites for hydroxylation is 1. The Bertz CT molecular complexity index is 577. The number of nitrogens with two attached hydrogens (primary N) is 1. The molecule has 0 radical (unpaired) electrons. The van der Waals surface area contributed by atoms with Gasteiger partial charge in [0.2, 0.25) is 0 Å². The third-order valence-corrected chi connectivity index (χ3v) is 2.62. The van der Waals surface area contributed by atoms with Crippen molar-refractivity contribution in [1.82, 2.24) is 14.5 Å². The monoisotopic (exact) mass is 246 g/mol. The summed E-state index contributed by atoms with van der Waals surface area (Å²) in [5.74, 6) is 0.170. The standard InChI is InChI=1S/C12H14N4O2/c1-2-3-9-14-6-7-16(9)11-10(13)8(12(17)18)4-5-15-11/h4-7H,2-3,13H2,1H3,(H,17,18). The van der Waals surface area contributed by atoms with Crippen LogP contribution in [0.25, 0.3) is 5.82 Å². The Kier molecular flexibility index (Phi) is 3.27. The number of anilines is 1. The van der Waals surface area contributed by atoms with Gasteiger partial charge in [0.05, 0.1) is 11.3 Å². The Morgan fingerprint density at radius 1 is 1.44 bits per heavy atom. The van der Waals surface area contributed by atoms with E-state index in [9.17, 15) is 4.79 Å². The van der Waals surface area contributed by atoms with Crippen molar-refractivity contribution in [2.75, 3.05) is 5.73 Å². The molecule has 94 valence electrons. The van der Waals surface area contributed by atoms with Crippen molar-refractivity contribution in [2.45, 2.75) is 19.8 Å². The summed E-state index contributed by atoms with van der Waals surface area (Å²) < 4.78 is 1.73. The van der Waals surface area contributed by atoms with Crippen molar-refractivity contribution in [2.24, 2.45) is 0 Å². The number of hydrogen-bond acceptors (Lipinski definition) is 4. The molecule has 0 saturated heterocycles. The fourth-order valence-electron chi connectivity index (χ4n) is 1.78. The molecule has 6 heteroatoms. The Morgan fingerprint density at radius 2 is 2.22 bits per heavy atom. The predicted octanol–water partition coefficient (Wildman–Crippen LogP) is 1.50. The van der Waals surface area contributed by atoms with E-state index >= 15 is 0 Å². The molecule has 2 aromatic heterocycles. The zero-order chi connectivity index (χ0) is 13.1. The molecular formula is C12H14N4O2. The largest absolute Gasteiger partial charge is 0.478 e. The second-order valence-electron chi connectivity index (χ2n) is 3.86. The SMILES string of the molecule is CCCc1nccn1-c1nccc(C(=O)O)c1N. The quantitative estimate of drug-likeness (QED) is 0.852. The number of aromatic nitrogens is 3. The first-order chi connectivity index (χ1) is 8.65. The van der Waals surface area contributed by atoms with Crippen LogP contribution in [0.5, 0.6) is 0 Å². The highest BCUT2D eigenvalue weighted by Gasteiger charge is 2.15. The molecule has 2 rings (SSSR count).